The quantitative estimate of drug-likeness (QED) is 0.832. The van der Waals surface area contributed by atoms with Gasteiger partial charge >= 0.3 is 0 Å². The molecule has 0 spiro atoms. The van der Waals surface area contributed by atoms with Gasteiger partial charge in [0.25, 0.3) is 0 Å². The summed E-state index contributed by atoms with van der Waals surface area (Å²) >= 11 is 0. The van der Waals surface area contributed by atoms with Gasteiger partial charge in [0.15, 0.2) is 0 Å². The Bertz CT molecular complexity index is 339. The maximum Gasteiger partial charge on any atom is 0.131 e. The Morgan fingerprint density at radius 1 is 1.38 bits per heavy atom. The second kappa shape index (κ2) is 5.85. The Kier molecular flexibility index (Phi) is 4.74. The highest BCUT2D eigenvalue weighted by Gasteiger charge is 2.16. The summed E-state index contributed by atoms with van der Waals surface area (Å²) < 4.78 is 13.7. The Hall–Kier alpha value is -1.09. The van der Waals surface area contributed by atoms with E-state index in [9.17, 15) is 9.50 Å². The van der Waals surface area contributed by atoms with Crippen LogP contribution in [0.1, 0.15) is 38.9 Å². The van der Waals surface area contributed by atoms with Crippen molar-refractivity contribution in [2.45, 2.75) is 33.3 Å². The molecule has 1 rings (SSSR count). The minimum Gasteiger partial charge on any atom is -0.389 e. The molecule has 1 unspecified atom stereocenters. The lowest BCUT2D eigenvalue weighted by molar-refractivity contribution is 0.194. The van der Waals surface area contributed by atoms with E-state index in [1.165, 1.54) is 6.07 Å². The Morgan fingerprint density at radius 3 is 2.56 bits per heavy atom. The van der Waals surface area contributed by atoms with Gasteiger partial charge in [-0.1, -0.05) is 13.0 Å². The summed E-state index contributed by atoms with van der Waals surface area (Å²) in [4.78, 5) is 2.09. The van der Waals surface area contributed by atoms with Crippen molar-refractivity contribution in [3.8, 4) is 0 Å². The third-order valence-corrected chi connectivity index (χ3v) is 2.66. The minimum atomic E-state index is -0.776. The number of nitrogens with zero attached hydrogens (tertiary/aromatic N) is 1. The van der Waals surface area contributed by atoms with Crippen LogP contribution in [0.2, 0.25) is 0 Å². The first-order valence-electron chi connectivity index (χ1n) is 5.83. The number of aliphatic hydroxyl groups excluding tert-OH is 1. The van der Waals surface area contributed by atoms with Crippen molar-refractivity contribution in [1.82, 2.24) is 0 Å². The molecule has 0 bridgehead atoms. The average molecular weight is 225 g/mol. The van der Waals surface area contributed by atoms with Gasteiger partial charge in [-0.25, -0.2) is 4.39 Å². The first kappa shape index (κ1) is 13.0. The Morgan fingerprint density at radius 2 is 2.06 bits per heavy atom. The van der Waals surface area contributed by atoms with E-state index in [1.807, 2.05) is 13.0 Å². The standard InChI is InChI=1S/C13H20FNO/c1-4-9-15(5-2)12-8-6-7-11(14)13(12)10(3)16/h6-8,10,16H,4-5,9H2,1-3H3. The van der Waals surface area contributed by atoms with Crippen molar-refractivity contribution < 1.29 is 9.50 Å². The Labute approximate surface area is 96.7 Å². The lowest BCUT2D eigenvalue weighted by Crippen LogP contribution is -2.25. The molecule has 1 N–H and O–H groups in total. The van der Waals surface area contributed by atoms with Crippen LogP contribution < -0.4 is 4.90 Å². The van der Waals surface area contributed by atoms with Crippen molar-refractivity contribution in [2.24, 2.45) is 0 Å². The van der Waals surface area contributed by atoms with Crippen LogP contribution in [0.5, 0.6) is 0 Å². The second-order valence-electron chi connectivity index (χ2n) is 3.93. The highest BCUT2D eigenvalue weighted by Crippen LogP contribution is 2.28. The molecule has 0 fully saturated rings. The van der Waals surface area contributed by atoms with Gasteiger partial charge in [-0.05, 0) is 32.4 Å². The van der Waals surface area contributed by atoms with Crippen LogP contribution in [0.3, 0.4) is 0 Å². The van der Waals surface area contributed by atoms with Crippen LogP contribution >= 0.6 is 0 Å². The molecule has 0 aliphatic heterocycles. The van der Waals surface area contributed by atoms with Crippen molar-refractivity contribution in [3.05, 3.63) is 29.6 Å². The number of benzene rings is 1. The van der Waals surface area contributed by atoms with Gasteiger partial charge < -0.3 is 10.0 Å². The topological polar surface area (TPSA) is 23.5 Å². The van der Waals surface area contributed by atoms with Crippen LogP contribution in [0, 0.1) is 5.82 Å². The van der Waals surface area contributed by atoms with E-state index in [0.29, 0.717) is 5.56 Å². The van der Waals surface area contributed by atoms with Crippen molar-refractivity contribution in [3.63, 3.8) is 0 Å². The van der Waals surface area contributed by atoms with Crippen LogP contribution in [0.25, 0.3) is 0 Å². The van der Waals surface area contributed by atoms with E-state index >= 15 is 0 Å². The number of hydrogen-bond acceptors (Lipinski definition) is 2. The van der Waals surface area contributed by atoms with Crippen LogP contribution in [0.15, 0.2) is 18.2 Å². The molecular formula is C13H20FNO. The molecule has 0 aromatic heterocycles. The molecule has 0 aliphatic carbocycles. The number of rotatable bonds is 5. The van der Waals surface area contributed by atoms with Crippen molar-refractivity contribution >= 4 is 5.69 Å². The molecule has 0 amide bonds. The monoisotopic (exact) mass is 225 g/mol. The third-order valence-electron chi connectivity index (χ3n) is 2.66. The summed E-state index contributed by atoms with van der Waals surface area (Å²) in [7, 11) is 0. The highest BCUT2D eigenvalue weighted by molar-refractivity contribution is 5.55. The van der Waals surface area contributed by atoms with Crippen LogP contribution in [-0.4, -0.2) is 18.2 Å². The fraction of sp³-hybridized carbons (Fsp3) is 0.538. The smallest absolute Gasteiger partial charge is 0.131 e. The van der Waals surface area contributed by atoms with Gasteiger partial charge in [-0.15, -0.1) is 0 Å². The molecular weight excluding hydrogens is 205 g/mol. The van der Waals surface area contributed by atoms with E-state index in [-0.39, 0.29) is 5.82 Å². The maximum absolute atomic E-state index is 13.7. The molecule has 2 nitrogen and oxygen atoms in total. The molecule has 0 radical (unpaired) electrons. The van der Waals surface area contributed by atoms with Gasteiger partial charge in [0.05, 0.1) is 6.10 Å². The van der Waals surface area contributed by atoms with Crippen molar-refractivity contribution in [1.29, 1.82) is 0 Å². The van der Waals surface area contributed by atoms with Crippen LogP contribution in [-0.2, 0) is 0 Å². The lowest BCUT2D eigenvalue weighted by Gasteiger charge is -2.26. The number of halogens is 1. The van der Waals surface area contributed by atoms with E-state index in [1.54, 1.807) is 13.0 Å². The Balaban J connectivity index is 3.15. The fourth-order valence-corrected chi connectivity index (χ4v) is 1.93. The van der Waals surface area contributed by atoms with Gasteiger partial charge in [-0.2, -0.15) is 0 Å². The first-order valence-corrected chi connectivity index (χ1v) is 5.83. The average Bonchev–Trinajstić information content (AvgIpc) is 2.25. The molecule has 1 atom stereocenters. The predicted molar refractivity (Wildman–Crippen MR) is 65.2 cm³/mol. The summed E-state index contributed by atoms with van der Waals surface area (Å²) in [5.74, 6) is -0.331. The van der Waals surface area contributed by atoms with E-state index < -0.39 is 6.10 Å². The summed E-state index contributed by atoms with van der Waals surface area (Å²) in [6.07, 6.45) is 0.228. The maximum atomic E-state index is 13.7. The van der Waals surface area contributed by atoms with Crippen LogP contribution in [0.4, 0.5) is 10.1 Å². The van der Waals surface area contributed by atoms with Gasteiger partial charge in [0.2, 0.25) is 0 Å². The molecule has 0 saturated heterocycles. The summed E-state index contributed by atoms with van der Waals surface area (Å²) in [6.45, 7) is 7.41. The number of anilines is 1. The van der Waals surface area contributed by atoms with Crippen molar-refractivity contribution in [2.75, 3.05) is 18.0 Å². The lowest BCUT2D eigenvalue weighted by atomic mass is 10.1. The number of aliphatic hydroxyl groups is 1. The summed E-state index contributed by atoms with van der Waals surface area (Å²) in [5, 5.41) is 9.63. The normalized spacial score (nSPS) is 12.6. The molecule has 0 heterocycles. The second-order valence-corrected chi connectivity index (χ2v) is 3.93. The zero-order valence-electron chi connectivity index (χ0n) is 10.2. The van der Waals surface area contributed by atoms with E-state index in [0.717, 1.165) is 25.2 Å². The molecule has 16 heavy (non-hydrogen) atoms. The molecule has 90 valence electrons. The van der Waals surface area contributed by atoms with Gasteiger partial charge in [-0.3, -0.25) is 0 Å². The van der Waals surface area contributed by atoms with Gasteiger partial charge in [0.1, 0.15) is 5.82 Å². The largest absolute Gasteiger partial charge is 0.389 e. The SMILES string of the molecule is CCCN(CC)c1cccc(F)c1C(C)O. The molecule has 1 aromatic carbocycles. The highest BCUT2D eigenvalue weighted by atomic mass is 19.1. The van der Waals surface area contributed by atoms with Gasteiger partial charge in [0, 0.05) is 24.3 Å². The molecule has 3 heteroatoms. The minimum absolute atomic E-state index is 0.331. The predicted octanol–water partition coefficient (Wildman–Crippen LogP) is 3.12. The first-order chi connectivity index (χ1) is 7.61. The molecule has 0 aliphatic rings. The molecule has 0 saturated carbocycles. The summed E-state index contributed by atoms with van der Waals surface area (Å²) in [6, 6.07) is 4.95. The fourth-order valence-electron chi connectivity index (χ4n) is 1.93. The van der Waals surface area contributed by atoms with E-state index in [2.05, 4.69) is 11.8 Å². The third kappa shape index (κ3) is 2.73. The molecule has 1 aromatic rings. The zero-order chi connectivity index (χ0) is 12.1. The number of hydrogen-bond donors (Lipinski definition) is 1. The summed E-state index contributed by atoms with van der Waals surface area (Å²) in [5.41, 5.74) is 1.21. The zero-order valence-corrected chi connectivity index (χ0v) is 10.2. The van der Waals surface area contributed by atoms with E-state index in [4.69, 9.17) is 0 Å².